The molecule has 92 heavy (non-hydrogen) atoms. The molecule has 0 amide bonds. The first-order valence-corrected chi connectivity index (χ1v) is 27.8. The molecule has 5 heterocycles. The van der Waals surface area contributed by atoms with Gasteiger partial charge in [0.05, 0.1) is 35.4 Å². The molecule has 10 N–H and O–H groups in total. The Labute approximate surface area is 749 Å². The number of carboxylic acid groups (broad SMARTS) is 5. The molecule has 5 aliphatic heterocycles. The van der Waals surface area contributed by atoms with Gasteiger partial charge in [0, 0.05) is 7.11 Å². The Balaban J connectivity index is 0.0000166. The second-order valence-electron chi connectivity index (χ2n) is 28.9. The summed E-state index contributed by atoms with van der Waals surface area (Å²) in [6, 6.07) is 0. The van der Waals surface area contributed by atoms with Gasteiger partial charge in [0.2, 0.25) is 0 Å². The molecule has 5 fully saturated rings. The van der Waals surface area contributed by atoms with Gasteiger partial charge >= 0.3 is 257 Å². The first-order valence-electron chi connectivity index (χ1n) is 27.8. The van der Waals surface area contributed by atoms with Crippen LogP contribution in [0.2, 0.25) is 0 Å². The third-order valence-electron chi connectivity index (χ3n) is 24.7. The molecule has 0 aliphatic carbocycles. The number of rotatable bonds is 14. The summed E-state index contributed by atoms with van der Waals surface area (Å²) in [5.74, 6) is -24.3. The molecule has 11 unspecified atom stereocenters. The van der Waals surface area contributed by atoms with Crippen molar-refractivity contribution in [2.45, 2.75) is 321 Å². The van der Waals surface area contributed by atoms with E-state index < -0.39 is 171 Å². The van der Waals surface area contributed by atoms with Crippen LogP contribution >= 0.6 is 0 Å². The second-order valence-corrected chi connectivity index (χ2v) is 28.9. The quantitative estimate of drug-likeness (QED) is 0.0722. The van der Waals surface area contributed by atoms with Gasteiger partial charge in [0.15, 0.2) is 23.1 Å². The molecule has 5 saturated heterocycles. The van der Waals surface area contributed by atoms with Crippen molar-refractivity contribution in [3.63, 3.8) is 0 Å². The zero-order valence-corrected chi connectivity index (χ0v) is 75.3. The summed E-state index contributed by atoms with van der Waals surface area (Å²) in [7, 11) is 0.968. The van der Waals surface area contributed by atoms with E-state index >= 15 is 0 Å². The number of aliphatic hydroxyl groups is 10. The van der Waals surface area contributed by atoms with E-state index in [-0.39, 0.29) is 257 Å². The van der Waals surface area contributed by atoms with E-state index in [2.05, 4.69) is 0 Å². The van der Waals surface area contributed by atoms with Gasteiger partial charge in [-0.25, -0.2) is 0 Å². The van der Waals surface area contributed by atoms with Gasteiger partial charge in [-0.15, -0.1) is 0 Å². The van der Waals surface area contributed by atoms with Crippen LogP contribution in [0.15, 0.2) is 0 Å². The number of carbonyl (C=O) groups excluding carboxylic acids is 5. The monoisotopic (exact) mass is 1450 g/mol. The number of ether oxygens (including phenoxy) is 10. The summed E-state index contributed by atoms with van der Waals surface area (Å²) >= 11 is 0. The molecule has 35 heteroatoms. The average Bonchev–Trinajstić information content (AvgIpc) is 3.32. The third-order valence-corrected chi connectivity index (χ3v) is 24.7. The molecular weight excluding hydrogens is 1360 g/mol. The van der Waals surface area contributed by atoms with Crippen LogP contribution in [0.25, 0.3) is 0 Å². The Bertz CT molecular complexity index is 2920. The van der Waals surface area contributed by atoms with Crippen LogP contribution in [0.3, 0.4) is 0 Å². The Hall–Kier alpha value is 4.73. The van der Waals surface area contributed by atoms with Crippen LogP contribution in [0.4, 0.5) is 0 Å². The van der Waals surface area contributed by atoms with E-state index in [9.17, 15) is 101 Å². The number of hydrogen-bond acceptors (Lipinski definition) is 30. The average molecular weight is 1450 g/mol. The number of hydrogen-bond donors (Lipinski definition) is 10. The molecule has 0 spiro atoms. The molecule has 30 nitrogen and oxygen atoms in total. The first-order chi connectivity index (χ1) is 37.6. The fourth-order valence-electron chi connectivity index (χ4n) is 14.5. The van der Waals surface area contributed by atoms with Gasteiger partial charge < -0.3 is 148 Å². The summed E-state index contributed by atoms with van der Waals surface area (Å²) in [6.07, 6.45) is 0. The SMILES string of the molecule is CO[C@]1(C)C(C)(C(=O)[O-])O[C@@](C)(O[C@]2(C)C(C)(C(=O)[O-])O[C@@](C)(O[C@]3(C)C(C)(C(=O)[O-])O[C@@](C)(O[C@@]4(C)C(C)(O)C(C)(O)[C@](C)(O[C@]5(C)C(C)(C(=O)[O-])OC(C)(C)C(C)(O)[C@]5(C)O)O[C@@]4(C)C(=O)[O-])[C@](C)(O)C3(C)O)C(C)(O)C2(C)O)C(C)(O)[C@]1(C)O.[K+].[K+].[K+].[K+].[K+]. The minimum Gasteiger partial charge on any atom is -0.547 e. The smallest absolute Gasteiger partial charge is 0.547 e. The summed E-state index contributed by atoms with van der Waals surface area (Å²) in [5.41, 5.74) is -64.6. The van der Waals surface area contributed by atoms with Crippen molar-refractivity contribution in [3.8, 4) is 0 Å². The zero-order valence-electron chi connectivity index (χ0n) is 59.6. The van der Waals surface area contributed by atoms with Gasteiger partial charge in [0.1, 0.15) is 112 Å². The van der Waals surface area contributed by atoms with Gasteiger partial charge in [-0.05, 0) is 180 Å². The van der Waals surface area contributed by atoms with Crippen molar-refractivity contribution in [3.05, 3.63) is 0 Å². The van der Waals surface area contributed by atoms with E-state index in [1.807, 2.05) is 0 Å². The van der Waals surface area contributed by atoms with Crippen molar-refractivity contribution in [2.24, 2.45) is 0 Å². The van der Waals surface area contributed by atoms with Crippen molar-refractivity contribution < 1.29 is 405 Å². The zero-order chi connectivity index (χ0) is 69.5. The topological polar surface area (TPSA) is 495 Å². The largest absolute Gasteiger partial charge is 1.00 e. The normalized spacial score (nSPS) is 55.5. The molecule has 0 aromatic heterocycles. The minimum absolute atomic E-state index is 0. The van der Waals surface area contributed by atoms with Crippen molar-refractivity contribution in [1.82, 2.24) is 0 Å². The Kier molecular flexibility index (Phi) is 28.0. The maximum atomic E-state index is 14.1. The molecule has 0 aromatic rings. The Morgan fingerprint density at radius 2 is 0.391 bits per heavy atom. The van der Waals surface area contributed by atoms with Crippen LogP contribution in [0.5, 0.6) is 0 Å². The number of methoxy groups -OCH3 is 1. The maximum Gasteiger partial charge on any atom is 1.00 e. The van der Waals surface area contributed by atoms with E-state index in [0.717, 1.165) is 125 Å². The molecule has 0 aromatic carbocycles. The Morgan fingerprint density at radius 3 is 0.554 bits per heavy atom. The van der Waals surface area contributed by atoms with E-state index in [4.69, 9.17) is 47.4 Å². The van der Waals surface area contributed by atoms with Crippen molar-refractivity contribution >= 4 is 29.8 Å². The summed E-state index contributed by atoms with van der Waals surface area (Å²) in [6.45, 7) is 21.4. The van der Waals surface area contributed by atoms with Gasteiger partial charge in [-0.1, -0.05) is 0 Å². The summed E-state index contributed by atoms with van der Waals surface area (Å²) in [4.78, 5) is 68.2. The molecule has 0 saturated carbocycles. The molecule has 24 atom stereocenters. The fourth-order valence-corrected chi connectivity index (χ4v) is 14.5. The van der Waals surface area contributed by atoms with E-state index in [1.165, 1.54) is 13.8 Å². The summed E-state index contributed by atoms with van der Waals surface area (Å²) in [5, 5.41) is 195. The van der Waals surface area contributed by atoms with Crippen LogP contribution in [0, 0.1) is 0 Å². The van der Waals surface area contributed by atoms with Crippen LogP contribution in [-0.2, 0) is 71.3 Å². The summed E-state index contributed by atoms with van der Waals surface area (Å²) < 4.78 is 61.5. The first kappa shape index (κ1) is 96.7. The number of aliphatic carboxylic acids is 5. The van der Waals surface area contributed by atoms with Crippen LogP contribution < -0.4 is 282 Å². The Morgan fingerprint density at radius 1 is 0.250 bits per heavy atom. The molecule has 0 bridgehead atoms. The van der Waals surface area contributed by atoms with Gasteiger partial charge in [-0.3, -0.25) is 0 Å². The standard InChI is InChI=1S/C57H96O30.5K/c1-33(2)39(8,68)40(9,69)50(19,35(4,79-33)29(60)61)84-55(24)46(15,75)42(11,71)52(21,37(6,81-55)31(64)65)86-57(26)48(17,77)44(13,73)53(22,38(7,83-57)32(66)67)87-56(25)47(16,76)43(12,72)51(20,36(5,82-56)30(62)63)85-54(23)45(14,74)41(10,70)49(18,78-27)34(3,80-54)28(58)59;;;;;/h68-77H,1-27H3,(H,58,59)(H,60,61)(H,62,63)(H,64,65)(H,66,67);;;;;/q;5*+1/p-5/t34?,35?,36?,37-,38?,39?,40-,41-,42?,43?,44?,45?,46?,47?,48+,49+,50+,51+,52+,53+,54-,55-,56-,57-;;;;;/m0...../s1. The van der Waals surface area contributed by atoms with E-state index in [1.54, 1.807) is 0 Å². The molecule has 0 radical (unpaired) electrons. The third kappa shape index (κ3) is 11.3. The predicted octanol–water partition coefficient (Wildman–Crippen LogP) is -21.6. The molecule has 504 valence electrons. The number of carboxylic acids is 5. The van der Waals surface area contributed by atoms with Crippen LogP contribution in [-0.4, -0.2) is 229 Å². The molecular formula is C57H91K5O30. The van der Waals surface area contributed by atoms with Gasteiger partial charge in [-0.2, -0.15) is 0 Å². The number of carbonyl (C=O) groups is 5. The van der Waals surface area contributed by atoms with Gasteiger partial charge in [0.25, 0.3) is 0 Å². The fraction of sp³-hybridized carbons (Fsp3) is 0.912. The predicted molar refractivity (Wildman–Crippen MR) is 280 cm³/mol. The maximum absolute atomic E-state index is 14.1. The second kappa shape index (κ2) is 26.6. The van der Waals surface area contributed by atoms with Crippen molar-refractivity contribution in [2.75, 3.05) is 7.11 Å². The minimum atomic E-state index is -3.50. The van der Waals surface area contributed by atoms with Crippen LogP contribution in [0.1, 0.15) is 180 Å². The van der Waals surface area contributed by atoms with E-state index in [0.29, 0.717) is 48.5 Å². The molecule has 5 rings (SSSR count). The molecule has 5 aliphatic rings. The van der Waals surface area contributed by atoms with Crippen molar-refractivity contribution in [1.29, 1.82) is 0 Å².